The molecule has 0 spiro atoms. The molecule has 1 aliphatic rings. The van der Waals surface area contributed by atoms with Crippen LogP contribution in [0.4, 0.5) is 22.0 Å². The summed E-state index contributed by atoms with van der Waals surface area (Å²) in [5, 5.41) is 3.81. The Morgan fingerprint density at radius 1 is 1.30 bits per heavy atom. The van der Waals surface area contributed by atoms with Crippen LogP contribution in [0.1, 0.15) is 58.4 Å². The normalized spacial score (nSPS) is 16.2. The Morgan fingerprint density at radius 2 is 1.96 bits per heavy atom. The largest absolute Gasteiger partial charge is 0.417 e. The summed E-state index contributed by atoms with van der Waals surface area (Å²) >= 11 is 0. The molecule has 0 saturated carbocycles. The molecule has 27 heavy (non-hydrogen) atoms. The third kappa shape index (κ3) is 3.93. The minimum Gasteiger partial charge on any atom is -0.340 e. The van der Waals surface area contributed by atoms with Gasteiger partial charge in [0.05, 0.1) is 11.1 Å². The number of piperidine rings is 1. The second-order valence-corrected chi connectivity index (χ2v) is 6.24. The van der Waals surface area contributed by atoms with Crippen molar-refractivity contribution in [3.63, 3.8) is 0 Å². The van der Waals surface area contributed by atoms with Gasteiger partial charge >= 0.3 is 6.18 Å². The van der Waals surface area contributed by atoms with Gasteiger partial charge in [0, 0.05) is 31.5 Å². The molecule has 1 aliphatic heterocycles. The highest BCUT2D eigenvalue weighted by atomic mass is 19.4. The molecule has 10 heteroatoms. The number of carbonyl (C=O) groups is 1. The summed E-state index contributed by atoms with van der Waals surface area (Å²) in [5.41, 5.74) is -3.38. The van der Waals surface area contributed by atoms with Crippen molar-refractivity contribution in [1.82, 2.24) is 15.0 Å². The van der Waals surface area contributed by atoms with Crippen LogP contribution >= 0.6 is 0 Å². The first-order valence-corrected chi connectivity index (χ1v) is 8.17. The molecule has 1 aromatic heterocycles. The minimum atomic E-state index is -4.94. The summed E-state index contributed by atoms with van der Waals surface area (Å²) in [4.78, 5) is 17.9. The van der Waals surface area contributed by atoms with Crippen molar-refractivity contribution in [3.05, 3.63) is 46.6 Å². The smallest absolute Gasteiger partial charge is 0.340 e. The monoisotopic (exact) mass is 388 g/mol. The first-order chi connectivity index (χ1) is 12.7. The number of aromatic nitrogens is 2. The molecule has 1 radical (unpaired) electrons. The molecule has 1 saturated heterocycles. The fourth-order valence-corrected chi connectivity index (χ4v) is 3.13. The van der Waals surface area contributed by atoms with Crippen LogP contribution in [0.15, 0.2) is 16.7 Å². The fraction of sp³-hybridized carbons (Fsp3) is 0.471. The van der Waals surface area contributed by atoms with Gasteiger partial charge in [-0.2, -0.15) is 18.2 Å². The highest BCUT2D eigenvalue weighted by Crippen LogP contribution is 2.37. The third-order valence-electron chi connectivity index (χ3n) is 4.47. The van der Waals surface area contributed by atoms with Crippen LogP contribution in [0.2, 0.25) is 0 Å². The van der Waals surface area contributed by atoms with Gasteiger partial charge in [0.1, 0.15) is 0 Å². The lowest BCUT2D eigenvalue weighted by atomic mass is 9.94. The Labute approximate surface area is 151 Å². The van der Waals surface area contributed by atoms with Gasteiger partial charge in [0.15, 0.2) is 5.82 Å². The highest BCUT2D eigenvalue weighted by Gasteiger charge is 2.39. The van der Waals surface area contributed by atoms with E-state index in [-0.39, 0.29) is 19.0 Å². The van der Waals surface area contributed by atoms with E-state index in [1.807, 2.05) is 6.07 Å². The molecule has 0 bridgehead atoms. The van der Waals surface area contributed by atoms with Crippen molar-refractivity contribution < 1.29 is 31.3 Å². The van der Waals surface area contributed by atoms with Crippen LogP contribution in [0.5, 0.6) is 0 Å². The molecule has 145 valence electrons. The topological polar surface area (TPSA) is 59.2 Å². The average Bonchev–Trinajstić information content (AvgIpc) is 3.06. The van der Waals surface area contributed by atoms with Gasteiger partial charge in [-0.1, -0.05) is 5.16 Å². The molecule has 1 fully saturated rings. The van der Waals surface area contributed by atoms with Crippen molar-refractivity contribution in [2.75, 3.05) is 13.1 Å². The van der Waals surface area contributed by atoms with E-state index in [1.54, 1.807) is 6.92 Å². The van der Waals surface area contributed by atoms with E-state index in [9.17, 15) is 26.7 Å². The van der Waals surface area contributed by atoms with Gasteiger partial charge in [-0.05, 0) is 31.0 Å². The van der Waals surface area contributed by atoms with Gasteiger partial charge in [-0.3, -0.25) is 4.79 Å². The summed E-state index contributed by atoms with van der Waals surface area (Å²) in [6.45, 7) is 1.84. The zero-order valence-corrected chi connectivity index (χ0v) is 14.2. The Morgan fingerprint density at radius 3 is 2.48 bits per heavy atom. The zero-order chi connectivity index (χ0) is 19.8. The standard InChI is InChI=1S/C17H15F5N3O2/c1-9-23-15(24-27-9)10-5-7-25(8-6-10)16(26)13-11(14(18)19)3-2-4-12(13)17(20,21)22/h3-4,10,14H,5-8H2,1H3. The lowest BCUT2D eigenvalue weighted by molar-refractivity contribution is -0.138. The Kier molecular flexibility index (Phi) is 5.16. The lowest BCUT2D eigenvalue weighted by Crippen LogP contribution is -2.39. The summed E-state index contributed by atoms with van der Waals surface area (Å²) in [6, 6.07) is 3.29. The van der Waals surface area contributed by atoms with E-state index in [2.05, 4.69) is 10.1 Å². The van der Waals surface area contributed by atoms with Crippen LogP contribution < -0.4 is 0 Å². The number of benzene rings is 1. The van der Waals surface area contributed by atoms with Crippen LogP contribution in [0.25, 0.3) is 0 Å². The predicted molar refractivity (Wildman–Crippen MR) is 82.2 cm³/mol. The van der Waals surface area contributed by atoms with Gasteiger partial charge in [0.25, 0.3) is 12.3 Å². The van der Waals surface area contributed by atoms with Gasteiger partial charge in [-0.15, -0.1) is 0 Å². The summed E-state index contributed by atoms with van der Waals surface area (Å²) in [5.74, 6) is -0.305. The molecule has 0 aliphatic carbocycles. The second kappa shape index (κ2) is 7.24. The molecule has 5 nitrogen and oxygen atoms in total. The number of amides is 1. The Balaban J connectivity index is 1.84. The number of hydrogen-bond donors (Lipinski definition) is 0. The molecule has 1 aromatic carbocycles. The van der Waals surface area contributed by atoms with Gasteiger partial charge in [-0.25, -0.2) is 8.78 Å². The molecular weight excluding hydrogens is 373 g/mol. The number of carbonyl (C=O) groups excluding carboxylic acids is 1. The van der Waals surface area contributed by atoms with Gasteiger partial charge in [0.2, 0.25) is 5.89 Å². The van der Waals surface area contributed by atoms with Crippen molar-refractivity contribution in [3.8, 4) is 0 Å². The maximum atomic E-state index is 13.2. The Hall–Kier alpha value is -2.52. The quantitative estimate of drug-likeness (QED) is 0.741. The number of nitrogens with zero attached hydrogens (tertiary/aromatic N) is 3. The summed E-state index contributed by atoms with van der Waals surface area (Å²) in [7, 11) is 0. The zero-order valence-electron chi connectivity index (χ0n) is 14.2. The molecule has 0 N–H and O–H groups in total. The molecule has 0 unspecified atom stereocenters. The van der Waals surface area contributed by atoms with E-state index in [4.69, 9.17) is 4.52 Å². The molecule has 3 rings (SSSR count). The summed E-state index contributed by atoms with van der Waals surface area (Å²) < 4.78 is 71.1. The average molecular weight is 388 g/mol. The first-order valence-electron chi connectivity index (χ1n) is 8.17. The summed E-state index contributed by atoms with van der Waals surface area (Å²) in [6.07, 6.45) is -7.36. The van der Waals surface area contributed by atoms with Crippen LogP contribution in [0, 0.1) is 13.0 Å². The van der Waals surface area contributed by atoms with Crippen LogP contribution in [-0.4, -0.2) is 34.0 Å². The van der Waals surface area contributed by atoms with Crippen molar-refractivity contribution >= 4 is 5.91 Å². The fourth-order valence-electron chi connectivity index (χ4n) is 3.13. The molecule has 2 heterocycles. The first kappa shape index (κ1) is 19.2. The van der Waals surface area contributed by atoms with Crippen molar-refractivity contribution in [1.29, 1.82) is 0 Å². The number of alkyl halides is 5. The van der Waals surface area contributed by atoms with Crippen molar-refractivity contribution in [2.24, 2.45) is 0 Å². The van der Waals surface area contributed by atoms with Gasteiger partial charge < -0.3 is 9.42 Å². The van der Waals surface area contributed by atoms with E-state index < -0.39 is 35.2 Å². The van der Waals surface area contributed by atoms with Crippen LogP contribution in [0.3, 0.4) is 0 Å². The number of hydrogen-bond acceptors (Lipinski definition) is 4. The van der Waals surface area contributed by atoms with E-state index in [0.717, 1.165) is 11.0 Å². The molecule has 0 atom stereocenters. The number of rotatable bonds is 3. The van der Waals surface area contributed by atoms with Crippen LogP contribution in [-0.2, 0) is 6.18 Å². The molecule has 2 aromatic rings. The highest BCUT2D eigenvalue weighted by molar-refractivity contribution is 5.97. The Bertz CT molecular complexity index is 826. The molecular formula is C17H15F5N3O2. The third-order valence-corrected chi connectivity index (χ3v) is 4.47. The maximum Gasteiger partial charge on any atom is 0.417 e. The number of halogens is 5. The van der Waals surface area contributed by atoms with Crippen molar-refractivity contribution in [2.45, 2.75) is 38.3 Å². The minimum absolute atomic E-state index is 0.104. The number of aryl methyl sites for hydroxylation is 1. The van der Waals surface area contributed by atoms with E-state index in [1.165, 1.54) is 0 Å². The predicted octanol–water partition coefficient (Wildman–Crippen LogP) is 4.15. The van der Waals surface area contributed by atoms with E-state index >= 15 is 0 Å². The molecule has 1 amide bonds. The number of likely N-dealkylation sites (tertiary alicyclic amines) is 1. The van der Waals surface area contributed by atoms with E-state index in [0.29, 0.717) is 30.6 Å². The maximum absolute atomic E-state index is 13.2. The lowest BCUT2D eigenvalue weighted by Gasteiger charge is -2.32. The second-order valence-electron chi connectivity index (χ2n) is 6.24. The SMILES string of the molecule is Cc1nc(C2CCN(C(=O)c3c(C(F)F)c[c]cc3C(F)(F)F)CC2)no1.